The van der Waals surface area contributed by atoms with Crippen molar-refractivity contribution in [2.75, 3.05) is 28.4 Å². The third-order valence-electron chi connectivity index (χ3n) is 2.04. The van der Waals surface area contributed by atoms with E-state index in [4.69, 9.17) is 18.9 Å². The van der Waals surface area contributed by atoms with Crippen molar-refractivity contribution in [2.24, 2.45) is 0 Å². The van der Waals surface area contributed by atoms with E-state index in [9.17, 15) is 0 Å². The van der Waals surface area contributed by atoms with Crippen LogP contribution in [0.5, 0.6) is 17.2 Å². The maximum atomic E-state index is 5.21. The summed E-state index contributed by atoms with van der Waals surface area (Å²) < 4.78 is 20.7. The minimum absolute atomic E-state index is 0.511. The second-order valence-electron chi connectivity index (χ2n) is 2.97. The molecule has 0 N–H and O–H groups in total. The third kappa shape index (κ3) is 2.53. The van der Waals surface area contributed by atoms with E-state index >= 15 is 0 Å². The lowest BCUT2D eigenvalue weighted by Gasteiger charge is -2.13. The Morgan fingerprint density at radius 2 is 1.40 bits per heavy atom. The van der Waals surface area contributed by atoms with Gasteiger partial charge >= 0.3 is 0 Å². The molecule has 15 heavy (non-hydrogen) atoms. The Labute approximate surface area is 89.7 Å². The molecular weight excluding hydrogens is 196 g/mol. The highest BCUT2D eigenvalue weighted by atomic mass is 16.5. The lowest BCUT2D eigenvalue weighted by molar-refractivity contribution is 0.184. The molecular formula is C11H16O4. The third-order valence-corrected chi connectivity index (χ3v) is 2.04. The number of hydrogen-bond donors (Lipinski definition) is 0. The molecule has 4 nitrogen and oxygen atoms in total. The van der Waals surface area contributed by atoms with Gasteiger partial charge in [-0.05, 0) is 17.7 Å². The molecule has 0 heterocycles. The van der Waals surface area contributed by atoms with Crippen molar-refractivity contribution in [1.82, 2.24) is 0 Å². The van der Waals surface area contributed by atoms with E-state index in [0.717, 1.165) is 5.56 Å². The van der Waals surface area contributed by atoms with Gasteiger partial charge in [-0.3, -0.25) is 0 Å². The summed E-state index contributed by atoms with van der Waals surface area (Å²) in [6.07, 6.45) is 0. The summed E-state index contributed by atoms with van der Waals surface area (Å²) in [7, 11) is 6.40. The second-order valence-corrected chi connectivity index (χ2v) is 2.97. The van der Waals surface area contributed by atoms with Crippen molar-refractivity contribution < 1.29 is 18.9 Å². The summed E-state index contributed by atoms with van der Waals surface area (Å²) >= 11 is 0. The van der Waals surface area contributed by atoms with Crippen LogP contribution >= 0.6 is 0 Å². The second kappa shape index (κ2) is 5.46. The Morgan fingerprint density at radius 1 is 0.867 bits per heavy atom. The fourth-order valence-electron chi connectivity index (χ4n) is 1.39. The van der Waals surface area contributed by atoms with Gasteiger partial charge in [-0.25, -0.2) is 0 Å². The SMILES string of the molecule is COCc1cc(OC)c(OC)c(OC)c1. The van der Waals surface area contributed by atoms with E-state index in [1.807, 2.05) is 12.1 Å². The summed E-state index contributed by atoms with van der Waals surface area (Å²) in [5.74, 6) is 1.88. The normalized spacial score (nSPS) is 9.87. The fourth-order valence-corrected chi connectivity index (χ4v) is 1.39. The summed E-state index contributed by atoms with van der Waals surface area (Å²) in [5, 5.41) is 0. The maximum Gasteiger partial charge on any atom is 0.203 e. The molecule has 0 bridgehead atoms. The van der Waals surface area contributed by atoms with E-state index in [1.165, 1.54) is 0 Å². The largest absolute Gasteiger partial charge is 0.493 e. The molecule has 0 atom stereocenters. The Hall–Kier alpha value is -1.42. The van der Waals surface area contributed by atoms with Crippen LogP contribution in [-0.4, -0.2) is 28.4 Å². The molecule has 0 aliphatic rings. The number of rotatable bonds is 5. The first-order valence-electron chi connectivity index (χ1n) is 4.54. The first kappa shape index (κ1) is 11.7. The van der Waals surface area contributed by atoms with E-state index in [0.29, 0.717) is 23.9 Å². The van der Waals surface area contributed by atoms with Crippen molar-refractivity contribution in [2.45, 2.75) is 6.61 Å². The molecule has 1 rings (SSSR count). The number of hydrogen-bond acceptors (Lipinski definition) is 4. The quantitative estimate of drug-likeness (QED) is 0.746. The van der Waals surface area contributed by atoms with Gasteiger partial charge in [-0.2, -0.15) is 0 Å². The standard InChI is InChI=1S/C11H16O4/c1-12-7-8-5-9(13-2)11(15-4)10(6-8)14-3/h5-6H,7H2,1-4H3. The molecule has 84 valence electrons. The van der Waals surface area contributed by atoms with Crippen LogP contribution in [0.2, 0.25) is 0 Å². The summed E-state index contributed by atoms with van der Waals surface area (Å²) in [6.45, 7) is 0.511. The van der Waals surface area contributed by atoms with Crippen LogP contribution in [-0.2, 0) is 11.3 Å². The molecule has 1 aromatic carbocycles. The molecule has 0 aliphatic heterocycles. The highest BCUT2D eigenvalue weighted by molar-refractivity contribution is 5.53. The number of ether oxygens (including phenoxy) is 4. The Kier molecular flexibility index (Phi) is 4.24. The van der Waals surface area contributed by atoms with Crippen LogP contribution in [0.15, 0.2) is 12.1 Å². The minimum atomic E-state index is 0.511. The van der Waals surface area contributed by atoms with Crippen molar-refractivity contribution in [3.63, 3.8) is 0 Å². The van der Waals surface area contributed by atoms with Crippen molar-refractivity contribution in [1.29, 1.82) is 0 Å². The molecule has 0 radical (unpaired) electrons. The zero-order valence-electron chi connectivity index (χ0n) is 9.49. The van der Waals surface area contributed by atoms with Gasteiger partial charge < -0.3 is 18.9 Å². The van der Waals surface area contributed by atoms with Crippen molar-refractivity contribution in [3.05, 3.63) is 17.7 Å². The van der Waals surface area contributed by atoms with Crippen molar-refractivity contribution in [3.8, 4) is 17.2 Å². The van der Waals surface area contributed by atoms with Crippen LogP contribution in [0, 0.1) is 0 Å². The Balaban J connectivity index is 3.16. The molecule has 4 heteroatoms. The van der Waals surface area contributed by atoms with E-state index < -0.39 is 0 Å². The van der Waals surface area contributed by atoms with E-state index in [-0.39, 0.29) is 0 Å². The van der Waals surface area contributed by atoms with Gasteiger partial charge in [0.05, 0.1) is 27.9 Å². The minimum Gasteiger partial charge on any atom is -0.493 e. The first-order chi connectivity index (χ1) is 7.26. The Morgan fingerprint density at radius 3 is 1.73 bits per heavy atom. The van der Waals surface area contributed by atoms with Gasteiger partial charge in [0.1, 0.15) is 0 Å². The molecule has 0 unspecified atom stereocenters. The van der Waals surface area contributed by atoms with Gasteiger partial charge in [-0.1, -0.05) is 0 Å². The highest BCUT2D eigenvalue weighted by Crippen LogP contribution is 2.38. The van der Waals surface area contributed by atoms with Crippen LogP contribution in [0.1, 0.15) is 5.56 Å². The predicted molar refractivity (Wildman–Crippen MR) is 56.8 cm³/mol. The van der Waals surface area contributed by atoms with Gasteiger partial charge in [0.15, 0.2) is 11.5 Å². The maximum absolute atomic E-state index is 5.21. The number of methoxy groups -OCH3 is 4. The predicted octanol–water partition coefficient (Wildman–Crippen LogP) is 1.86. The molecule has 0 aromatic heterocycles. The smallest absolute Gasteiger partial charge is 0.203 e. The Bertz CT molecular complexity index is 297. The summed E-state index contributed by atoms with van der Waals surface area (Å²) in [4.78, 5) is 0. The van der Waals surface area contributed by atoms with E-state index in [1.54, 1.807) is 28.4 Å². The fraction of sp³-hybridized carbons (Fsp3) is 0.455. The van der Waals surface area contributed by atoms with Crippen LogP contribution < -0.4 is 14.2 Å². The van der Waals surface area contributed by atoms with Crippen LogP contribution in [0.25, 0.3) is 0 Å². The van der Waals surface area contributed by atoms with Gasteiger partial charge in [-0.15, -0.1) is 0 Å². The average Bonchev–Trinajstić information content (AvgIpc) is 2.28. The van der Waals surface area contributed by atoms with Crippen LogP contribution in [0.4, 0.5) is 0 Å². The summed E-state index contributed by atoms with van der Waals surface area (Å²) in [6, 6.07) is 3.73. The first-order valence-corrected chi connectivity index (χ1v) is 4.54. The van der Waals surface area contributed by atoms with Gasteiger partial charge in [0, 0.05) is 7.11 Å². The number of benzene rings is 1. The topological polar surface area (TPSA) is 36.9 Å². The summed E-state index contributed by atoms with van der Waals surface area (Å²) in [5.41, 5.74) is 0.979. The molecule has 1 aromatic rings. The molecule has 0 spiro atoms. The van der Waals surface area contributed by atoms with Crippen molar-refractivity contribution >= 4 is 0 Å². The average molecular weight is 212 g/mol. The highest BCUT2D eigenvalue weighted by Gasteiger charge is 2.12. The van der Waals surface area contributed by atoms with Gasteiger partial charge in [0.2, 0.25) is 5.75 Å². The zero-order valence-corrected chi connectivity index (χ0v) is 9.49. The molecule has 0 amide bonds. The lowest BCUT2D eigenvalue weighted by atomic mass is 10.2. The van der Waals surface area contributed by atoms with E-state index in [2.05, 4.69) is 0 Å². The monoisotopic (exact) mass is 212 g/mol. The van der Waals surface area contributed by atoms with Crippen LogP contribution in [0.3, 0.4) is 0 Å². The molecule has 0 fully saturated rings. The molecule has 0 saturated heterocycles. The molecule has 0 aliphatic carbocycles. The zero-order chi connectivity index (χ0) is 11.3. The lowest BCUT2D eigenvalue weighted by Crippen LogP contribution is -1.97. The molecule has 0 saturated carbocycles. The van der Waals surface area contributed by atoms with Gasteiger partial charge in [0.25, 0.3) is 0 Å².